The topological polar surface area (TPSA) is 0 Å². The molecule has 0 amide bonds. The second-order valence-corrected chi connectivity index (χ2v) is 6.67. The van der Waals surface area contributed by atoms with Crippen molar-refractivity contribution < 1.29 is 0 Å². The van der Waals surface area contributed by atoms with Crippen LogP contribution in [0.5, 0.6) is 0 Å². The van der Waals surface area contributed by atoms with Crippen LogP contribution in [0.1, 0.15) is 27.2 Å². The van der Waals surface area contributed by atoms with Crippen LogP contribution in [0.3, 0.4) is 0 Å². The summed E-state index contributed by atoms with van der Waals surface area (Å²) in [5.41, 5.74) is 0.609. The summed E-state index contributed by atoms with van der Waals surface area (Å²) in [6, 6.07) is 1.45. The first-order chi connectivity index (χ1) is 3.98. The summed E-state index contributed by atoms with van der Waals surface area (Å²) in [5, 5.41) is 0. The smallest absolute Gasteiger partial charge is 0.0418 e. The minimum Gasteiger partial charge on any atom is -0.0713 e. The van der Waals surface area contributed by atoms with Gasteiger partial charge in [0.2, 0.25) is 0 Å². The van der Waals surface area contributed by atoms with Crippen LogP contribution in [0.4, 0.5) is 0 Å². The van der Waals surface area contributed by atoms with Crippen molar-refractivity contribution >= 4 is 8.80 Å². The van der Waals surface area contributed by atoms with Crippen molar-refractivity contribution in [2.45, 2.75) is 46.3 Å². The zero-order valence-electron chi connectivity index (χ0n) is 7.41. The third-order valence-electron chi connectivity index (χ3n) is 1.79. The standard InChI is InChI=1S/C8H19Si/c1-6-8(2,3)7-9(4)5/h6-7H2,1-5H3. The van der Waals surface area contributed by atoms with Gasteiger partial charge < -0.3 is 0 Å². The van der Waals surface area contributed by atoms with E-state index < -0.39 is 0 Å². The summed E-state index contributed by atoms with van der Waals surface area (Å²) in [6.45, 7) is 11.8. The van der Waals surface area contributed by atoms with Gasteiger partial charge in [-0.25, -0.2) is 0 Å². The molecule has 0 saturated carbocycles. The minimum absolute atomic E-state index is 0.00374. The van der Waals surface area contributed by atoms with E-state index in [4.69, 9.17) is 0 Å². The molecule has 0 aromatic rings. The van der Waals surface area contributed by atoms with Crippen LogP contribution in [0.15, 0.2) is 0 Å². The molecule has 55 valence electrons. The molecule has 9 heavy (non-hydrogen) atoms. The van der Waals surface area contributed by atoms with E-state index in [1.807, 2.05) is 0 Å². The summed E-state index contributed by atoms with van der Waals surface area (Å²) in [5.74, 6) is 0. The molecule has 0 unspecified atom stereocenters. The lowest BCUT2D eigenvalue weighted by Crippen LogP contribution is -2.16. The molecule has 0 heterocycles. The first kappa shape index (κ1) is 9.22. The maximum atomic E-state index is 2.39. The van der Waals surface area contributed by atoms with Gasteiger partial charge in [0.15, 0.2) is 0 Å². The van der Waals surface area contributed by atoms with Gasteiger partial charge in [0.25, 0.3) is 0 Å². The summed E-state index contributed by atoms with van der Waals surface area (Å²) in [7, 11) is -0.00374. The minimum atomic E-state index is -0.00374. The van der Waals surface area contributed by atoms with Crippen LogP contribution in [-0.2, 0) is 0 Å². The third kappa shape index (κ3) is 4.70. The van der Waals surface area contributed by atoms with E-state index in [1.54, 1.807) is 0 Å². The summed E-state index contributed by atoms with van der Waals surface area (Å²) in [4.78, 5) is 0. The molecule has 0 spiro atoms. The summed E-state index contributed by atoms with van der Waals surface area (Å²) < 4.78 is 0. The molecule has 0 bridgehead atoms. The number of hydrogen-bond donors (Lipinski definition) is 0. The molecule has 1 heteroatoms. The summed E-state index contributed by atoms with van der Waals surface area (Å²) in [6.07, 6.45) is 1.32. The molecular formula is C8H19Si. The Morgan fingerprint density at radius 3 is 1.78 bits per heavy atom. The van der Waals surface area contributed by atoms with Crippen LogP contribution in [0.2, 0.25) is 19.1 Å². The van der Waals surface area contributed by atoms with Crippen molar-refractivity contribution in [1.82, 2.24) is 0 Å². The van der Waals surface area contributed by atoms with Gasteiger partial charge >= 0.3 is 0 Å². The first-order valence-electron chi connectivity index (χ1n) is 3.77. The van der Waals surface area contributed by atoms with Gasteiger partial charge in [0.1, 0.15) is 0 Å². The van der Waals surface area contributed by atoms with Gasteiger partial charge in [-0.05, 0) is 5.41 Å². The van der Waals surface area contributed by atoms with Crippen molar-refractivity contribution in [3.05, 3.63) is 0 Å². The van der Waals surface area contributed by atoms with Crippen LogP contribution in [0.25, 0.3) is 0 Å². The van der Waals surface area contributed by atoms with E-state index in [-0.39, 0.29) is 8.80 Å². The molecule has 1 radical (unpaired) electrons. The van der Waals surface area contributed by atoms with Crippen molar-refractivity contribution in [1.29, 1.82) is 0 Å². The van der Waals surface area contributed by atoms with E-state index in [9.17, 15) is 0 Å². The quantitative estimate of drug-likeness (QED) is 0.532. The molecule has 0 aliphatic rings. The molecule has 0 atom stereocenters. The molecule has 0 rings (SSSR count). The maximum absolute atomic E-state index is 2.39. The van der Waals surface area contributed by atoms with Gasteiger partial charge in [-0.2, -0.15) is 0 Å². The maximum Gasteiger partial charge on any atom is 0.0418 e. The SMILES string of the molecule is CCC(C)(C)C[Si](C)C. The molecule has 0 aromatic heterocycles. The molecule has 0 aliphatic heterocycles. The predicted octanol–water partition coefficient (Wildman–Crippen LogP) is 3.18. The van der Waals surface area contributed by atoms with Gasteiger partial charge in [0, 0.05) is 8.80 Å². The normalized spacial score (nSPS) is 12.7. The van der Waals surface area contributed by atoms with Crippen LogP contribution < -0.4 is 0 Å². The molecule has 0 aliphatic carbocycles. The molecule has 0 nitrogen and oxygen atoms in total. The third-order valence-corrected chi connectivity index (χ3v) is 3.45. The highest BCUT2D eigenvalue weighted by atomic mass is 28.3. The molecular weight excluding hydrogens is 124 g/mol. The van der Waals surface area contributed by atoms with Crippen molar-refractivity contribution in [3.63, 3.8) is 0 Å². The van der Waals surface area contributed by atoms with Crippen molar-refractivity contribution in [2.75, 3.05) is 0 Å². The van der Waals surface area contributed by atoms with E-state index >= 15 is 0 Å². The Balaban J connectivity index is 3.58. The van der Waals surface area contributed by atoms with Crippen molar-refractivity contribution in [3.8, 4) is 0 Å². The van der Waals surface area contributed by atoms with Crippen LogP contribution >= 0.6 is 0 Å². The molecule has 0 fully saturated rings. The van der Waals surface area contributed by atoms with Gasteiger partial charge in [-0.15, -0.1) is 0 Å². The van der Waals surface area contributed by atoms with E-state index in [0.29, 0.717) is 5.41 Å². The highest BCUT2D eigenvalue weighted by Crippen LogP contribution is 2.26. The highest BCUT2D eigenvalue weighted by molar-refractivity contribution is 6.55. The monoisotopic (exact) mass is 143 g/mol. The second kappa shape index (κ2) is 3.40. The highest BCUT2D eigenvalue weighted by Gasteiger charge is 2.16. The van der Waals surface area contributed by atoms with E-state index in [1.165, 1.54) is 12.5 Å². The Hall–Kier alpha value is 0.217. The zero-order chi connectivity index (χ0) is 7.49. The van der Waals surface area contributed by atoms with E-state index in [0.717, 1.165) is 0 Å². The van der Waals surface area contributed by atoms with Gasteiger partial charge in [-0.3, -0.25) is 0 Å². The molecule has 0 N–H and O–H groups in total. The lowest BCUT2D eigenvalue weighted by atomic mass is 9.93. The molecule has 0 aromatic carbocycles. The number of rotatable bonds is 3. The van der Waals surface area contributed by atoms with Gasteiger partial charge in [0.05, 0.1) is 0 Å². The van der Waals surface area contributed by atoms with Crippen LogP contribution in [-0.4, -0.2) is 8.80 Å². The lowest BCUT2D eigenvalue weighted by molar-refractivity contribution is 0.394. The fourth-order valence-corrected chi connectivity index (χ4v) is 3.25. The average molecular weight is 143 g/mol. The Kier molecular flexibility index (Phi) is 3.48. The number of hydrogen-bond acceptors (Lipinski definition) is 0. The molecule has 0 saturated heterocycles. The van der Waals surface area contributed by atoms with Crippen LogP contribution in [0, 0.1) is 5.41 Å². The lowest BCUT2D eigenvalue weighted by Gasteiger charge is -2.23. The zero-order valence-corrected chi connectivity index (χ0v) is 8.41. The Bertz CT molecular complexity index is 74.6. The Morgan fingerprint density at radius 1 is 1.22 bits per heavy atom. The second-order valence-electron chi connectivity index (χ2n) is 3.90. The Labute approximate surface area is 61.3 Å². The predicted molar refractivity (Wildman–Crippen MR) is 46.4 cm³/mol. The fourth-order valence-electron chi connectivity index (χ4n) is 1.08. The Morgan fingerprint density at radius 2 is 1.67 bits per heavy atom. The average Bonchev–Trinajstić information content (AvgIpc) is 1.63. The van der Waals surface area contributed by atoms with Crippen molar-refractivity contribution in [2.24, 2.45) is 5.41 Å². The largest absolute Gasteiger partial charge is 0.0713 e. The fraction of sp³-hybridized carbons (Fsp3) is 1.00. The van der Waals surface area contributed by atoms with E-state index in [2.05, 4.69) is 33.9 Å². The first-order valence-corrected chi connectivity index (χ1v) is 6.47. The van der Waals surface area contributed by atoms with Gasteiger partial charge in [-0.1, -0.05) is 46.3 Å². The summed E-state index contributed by atoms with van der Waals surface area (Å²) >= 11 is 0.